The Bertz CT molecular complexity index is 958. The van der Waals surface area contributed by atoms with Gasteiger partial charge in [-0.1, -0.05) is 30.9 Å². The Balaban J connectivity index is 1.48. The number of alkyl halides is 3. The van der Waals surface area contributed by atoms with Crippen LogP contribution in [0.2, 0.25) is 0 Å². The van der Waals surface area contributed by atoms with Crippen molar-refractivity contribution in [2.24, 2.45) is 11.3 Å². The first-order chi connectivity index (χ1) is 14.2. The maximum Gasteiger partial charge on any atom is 0.416 e. The standard InChI is InChI=1S/C22H24F3N3O2/c1-21(2)13-29-20(30-14-21)12-28-11-18(26-27-28)10-17-9-16(6-5-15-3-4-15)7-8-19(17)22(23,24)25/h7-9,11,15,20H,3-4,10,12-14H2,1-2H3. The molecule has 2 aromatic rings. The molecule has 1 aliphatic carbocycles. The summed E-state index contributed by atoms with van der Waals surface area (Å²) in [6.45, 7) is 5.59. The van der Waals surface area contributed by atoms with Crippen molar-refractivity contribution >= 4 is 0 Å². The van der Waals surface area contributed by atoms with Crippen LogP contribution in [0.1, 0.15) is 49.1 Å². The summed E-state index contributed by atoms with van der Waals surface area (Å²) in [5, 5.41) is 8.06. The number of nitrogens with zero attached hydrogens (tertiary/aromatic N) is 3. The minimum Gasteiger partial charge on any atom is -0.350 e. The molecule has 0 bridgehead atoms. The lowest BCUT2D eigenvalue weighted by molar-refractivity contribution is -0.227. The lowest BCUT2D eigenvalue weighted by Crippen LogP contribution is -2.39. The molecule has 0 amide bonds. The molecular formula is C22H24F3N3O2. The zero-order chi connectivity index (χ0) is 21.4. The first kappa shape index (κ1) is 20.9. The van der Waals surface area contributed by atoms with Crippen molar-refractivity contribution in [1.82, 2.24) is 15.0 Å². The highest BCUT2D eigenvalue weighted by molar-refractivity contribution is 5.43. The summed E-state index contributed by atoms with van der Waals surface area (Å²) in [7, 11) is 0. The Morgan fingerprint density at radius 2 is 1.93 bits per heavy atom. The molecule has 5 nitrogen and oxygen atoms in total. The first-order valence-electron chi connectivity index (χ1n) is 10.0. The van der Waals surface area contributed by atoms with Crippen LogP contribution in [0.4, 0.5) is 13.2 Å². The monoisotopic (exact) mass is 419 g/mol. The van der Waals surface area contributed by atoms with E-state index in [2.05, 4.69) is 36.0 Å². The van der Waals surface area contributed by atoms with Crippen molar-refractivity contribution in [2.75, 3.05) is 13.2 Å². The van der Waals surface area contributed by atoms with E-state index in [0.717, 1.165) is 18.9 Å². The SMILES string of the molecule is CC1(C)COC(Cn2cc(Cc3cc(C#CC4CC4)ccc3C(F)(F)F)nn2)OC1. The van der Waals surface area contributed by atoms with Gasteiger partial charge >= 0.3 is 6.18 Å². The summed E-state index contributed by atoms with van der Waals surface area (Å²) in [4.78, 5) is 0. The smallest absolute Gasteiger partial charge is 0.350 e. The second-order valence-corrected chi connectivity index (χ2v) is 8.74. The van der Waals surface area contributed by atoms with Crippen LogP contribution >= 0.6 is 0 Å². The number of halogens is 3. The van der Waals surface area contributed by atoms with Crippen molar-refractivity contribution in [3.63, 3.8) is 0 Å². The van der Waals surface area contributed by atoms with Gasteiger partial charge in [-0.25, -0.2) is 4.68 Å². The first-order valence-corrected chi connectivity index (χ1v) is 10.0. The highest BCUT2D eigenvalue weighted by Gasteiger charge is 2.33. The molecule has 0 unspecified atom stereocenters. The van der Waals surface area contributed by atoms with Gasteiger partial charge in [-0.2, -0.15) is 13.2 Å². The van der Waals surface area contributed by atoms with Crippen molar-refractivity contribution in [3.05, 3.63) is 46.8 Å². The number of hydrogen-bond donors (Lipinski definition) is 0. The molecule has 0 radical (unpaired) electrons. The van der Waals surface area contributed by atoms with Crippen LogP contribution in [0.15, 0.2) is 24.4 Å². The van der Waals surface area contributed by atoms with Gasteiger partial charge in [-0.15, -0.1) is 5.10 Å². The van der Waals surface area contributed by atoms with E-state index in [0.29, 0.717) is 36.9 Å². The second-order valence-electron chi connectivity index (χ2n) is 8.74. The summed E-state index contributed by atoms with van der Waals surface area (Å²) < 4.78 is 53.3. The summed E-state index contributed by atoms with van der Waals surface area (Å²) in [6, 6.07) is 4.03. The van der Waals surface area contributed by atoms with Crippen molar-refractivity contribution in [1.29, 1.82) is 0 Å². The van der Waals surface area contributed by atoms with Gasteiger partial charge in [-0.3, -0.25) is 0 Å². The van der Waals surface area contributed by atoms with Crippen molar-refractivity contribution in [2.45, 2.75) is 52.1 Å². The third kappa shape index (κ3) is 5.41. The maximum atomic E-state index is 13.5. The van der Waals surface area contributed by atoms with E-state index < -0.39 is 18.0 Å². The van der Waals surface area contributed by atoms with Crippen LogP contribution in [-0.2, 0) is 28.6 Å². The third-order valence-electron chi connectivity index (χ3n) is 5.02. The second kappa shape index (κ2) is 8.05. The maximum absolute atomic E-state index is 13.5. The number of hydrogen-bond acceptors (Lipinski definition) is 4. The topological polar surface area (TPSA) is 49.2 Å². The minimum atomic E-state index is -4.44. The average Bonchev–Trinajstić information content (AvgIpc) is 3.40. The van der Waals surface area contributed by atoms with Crippen LogP contribution in [0.3, 0.4) is 0 Å². The molecule has 4 rings (SSSR count). The molecule has 2 fully saturated rings. The predicted molar refractivity (Wildman–Crippen MR) is 103 cm³/mol. The Morgan fingerprint density at radius 3 is 2.60 bits per heavy atom. The third-order valence-corrected chi connectivity index (χ3v) is 5.02. The molecule has 2 heterocycles. The van der Waals surface area contributed by atoms with Crippen LogP contribution < -0.4 is 0 Å². The molecule has 0 spiro atoms. The minimum absolute atomic E-state index is 0.0210. The molecule has 0 N–H and O–H groups in total. The molecule has 1 aliphatic heterocycles. The lowest BCUT2D eigenvalue weighted by atomic mass is 9.96. The largest absolute Gasteiger partial charge is 0.416 e. The Labute approximate surface area is 173 Å². The van der Waals surface area contributed by atoms with Gasteiger partial charge in [0, 0.05) is 29.5 Å². The fraction of sp³-hybridized carbons (Fsp3) is 0.545. The fourth-order valence-corrected chi connectivity index (χ4v) is 3.20. The molecule has 1 aromatic carbocycles. The molecule has 1 aromatic heterocycles. The Kier molecular flexibility index (Phi) is 5.60. The number of benzene rings is 1. The summed E-state index contributed by atoms with van der Waals surface area (Å²) >= 11 is 0. The molecule has 8 heteroatoms. The predicted octanol–water partition coefficient (Wildman–Crippen LogP) is 4.05. The Morgan fingerprint density at radius 1 is 1.20 bits per heavy atom. The Hall–Kier alpha value is -2.37. The van der Waals surface area contributed by atoms with Crippen LogP contribution in [0.25, 0.3) is 0 Å². The van der Waals surface area contributed by atoms with Crippen LogP contribution in [-0.4, -0.2) is 34.5 Å². The molecule has 30 heavy (non-hydrogen) atoms. The average molecular weight is 419 g/mol. The lowest BCUT2D eigenvalue weighted by Gasteiger charge is -2.34. The normalized spacial score (nSPS) is 19.4. The number of aromatic nitrogens is 3. The zero-order valence-corrected chi connectivity index (χ0v) is 17.0. The van der Waals surface area contributed by atoms with E-state index >= 15 is 0 Å². The van der Waals surface area contributed by atoms with Crippen LogP contribution in [0.5, 0.6) is 0 Å². The van der Waals surface area contributed by atoms with Gasteiger partial charge in [0.1, 0.15) is 0 Å². The molecule has 1 saturated heterocycles. The summed E-state index contributed by atoms with van der Waals surface area (Å²) in [5.74, 6) is 6.45. The summed E-state index contributed by atoms with van der Waals surface area (Å²) in [5.41, 5.74) is 0.470. The zero-order valence-electron chi connectivity index (χ0n) is 17.0. The van der Waals surface area contributed by atoms with Gasteiger partial charge in [0.05, 0.1) is 31.0 Å². The van der Waals surface area contributed by atoms with Crippen molar-refractivity contribution < 1.29 is 22.6 Å². The highest BCUT2D eigenvalue weighted by atomic mass is 19.4. The highest BCUT2D eigenvalue weighted by Crippen LogP contribution is 2.33. The van der Waals surface area contributed by atoms with Gasteiger partial charge in [0.15, 0.2) is 6.29 Å². The number of ether oxygens (including phenoxy) is 2. The molecule has 1 saturated carbocycles. The van der Waals surface area contributed by atoms with Gasteiger partial charge < -0.3 is 9.47 Å². The van der Waals surface area contributed by atoms with E-state index in [4.69, 9.17) is 9.47 Å². The fourth-order valence-electron chi connectivity index (χ4n) is 3.20. The molecule has 2 aliphatic rings. The quantitative estimate of drug-likeness (QED) is 0.702. The number of rotatable bonds is 4. The van der Waals surface area contributed by atoms with E-state index in [9.17, 15) is 13.2 Å². The van der Waals surface area contributed by atoms with E-state index in [1.54, 1.807) is 10.9 Å². The molecular weight excluding hydrogens is 395 g/mol. The van der Waals surface area contributed by atoms with Gasteiger partial charge in [0.2, 0.25) is 0 Å². The van der Waals surface area contributed by atoms with E-state index in [1.165, 1.54) is 12.1 Å². The molecule has 160 valence electrons. The molecule has 0 atom stereocenters. The van der Waals surface area contributed by atoms with Gasteiger partial charge in [0.25, 0.3) is 0 Å². The van der Waals surface area contributed by atoms with E-state index in [-0.39, 0.29) is 17.4 Å². The van der Waals surface area contributed by atoms with Crippen LogP contribution in [0, 0.1) is 23.2 Å². The summed E-state index contributed by atoms with van der Waals surface area (Å²) in [6.07, 6.45) is -1.10. The van der Waals surface area contributed by atoms with E-state index in [1.807, 2.05) is 0 Å². The van der Waals surface area contributed by atoms with Crippen molar-refractivity contribution in [3.8, 4) is 11.8 Å². The van der Waals surface area contributed by atoms with Gasteiger partial charge in [-0.05, 0) is 36.6 Å².